The summed E-state index contributed by atoms with van der Waals surface area (Å²) in [4.78, 5) is 0. The fourth-order valence-corrected chi connectivity index (χ4v) is 4.47. The summed E-state index contributed by atoms with van der Waals surface area (Å²) < 4.78 is 10.1. The molecule has 0 atom stereocenters. The Balaban J connectivity index is 0.00000218. The summed E-state index contributed by atoms with van der Waals surface area (Å²) in [7, 11) is 4.27. The molecule has 0 aliphatic heterocycles. The van der Waals surface area contributed by atoms with Gasteiger partial charge >= 0.3 is 0 Å². The molecule has 0 fully saturated rings. The fraction of sp³-hybridized carbons (Fsp3) is 0.160. The Labute approximate surface area is 192 Å². The number of aromatic nitrogens is 2. The van der Waals surface area contributed by atoms with Crippen molar-refractivity contribution in [1.29, 1.82) is 0 Å². The first-order valence-corrected chi connectivity index (χ1v) is 9.82. The largest absolute Gasteiger partial charge is 1.00 e. The Morgan fingerprint density at radius 2 is 1.40 bits per heavy atom. The molecule has 5 heteroatoms. The first kappa shape index (κ1) is 20.6. The maximum atomic E-state index is 8.96. The molecule has 0 aliphatic rings. The number of aliphatic hydroxyl groups excluding tert-OH is 1. The zero-order valence-corrected chi connectivity index (χ0v) is 19.1. The predicted molar refractivity (Wildman–Crippen MR) is 117 cm³/mol. The van der Waals surface area contributed by atoms with Crippen molar-refractivity contribution >= 4 is 32.6 Å². The third-order valence-corrected chi connectivity index (χ3v) is 5.66. The quantitative estimate of drug-likeness (QED) is 0.225. The summed E-state index contributed by atoms with van der Waals surface area (Å²) in [5.74, 6) is 1.90. The lowest BCUT2D eigenvalue weighted by molar-refractivity contribution is -0.633. The Kier molecular flexibility index (Phi) is 5.66. The van der Waals surface area contributed by atoms with Gasteiger partial charge in [0.1, 0.15) is 12.4 Å². The van der Waals surface area contributed by atoms with Crippen LogP contribution in [0.1, 0.15) is 0 Å². The van der Waals surface area contributed by atoms with Crippen LogP contribution >= 0.6 is 0 Å². The number of aryl methyl sites for hydroxylation is 2. The van der Waals surface area contributed by atoms with Crippen LogP contribution in [0.5, 0.6) is 5.75 Å². The van der Waals surface area contributed by atoms with Gasteiger partial charge in [0.2, 0.25) is 0 Å². The lowest BCUT2D eigenvalue weighted by Gasteiger charge is -2.04. The van der Waals surface area contributed by atoms with E-state index in [1.165, 1.54) is 32.6 Å². The number of benzene rings is 4. The summed E-state index contributed by atoms with van der Waals surface area (Å²) >= 11 is 0. The summed E-state index contributed by atoms with van der Waals surface area (Å²) in [5, 5.41) is 14.0. The van der Waals surface area contributed by atoms with Crippen LogP contribution in [0.25, 0.3) is 44.0 Å². The standard InChI is InChI=1S/C25H23N2O2.HI/c1-26-23-21-9-5-3-7-19(21)20-8-4-6-10-22(20)24(23)27(2)25(26)17-11-13-18(14-12-17)29-16-15-28;/h3-14,28H,15-16H2,1-2H3;1H/q+1;/p-1. The van der Waals surface area contributed by atoms with Crippen molar-refractivity contribution in [2.45, 2.75) is 0 Å². The van der Waals surface area contributed by atoms with Crippen molar-refractivity contribution in [3.8, 4) is 17.1 Å². The van der Waals surface area contributed by atoms with Crippen molar-refractivity contribution < 1.29 is 38.4 Å². The lowest BCUT2D eigenvalue weighted by atomic mass is 10.00. The molecule has 1 heterocycles. The second kappa shape index (κ2) is 8.24. The van der Waals surface area contributed by atoms with Crippen LogP contribution < -0.4 is 33.3 Å². The molecule has 0 spiro atoms. The molecule has 0 unspecified atom stereocenters. The number of fused-ring (bicyclic) bond motifs is 6. The van der Waals surface area contributed by atoms with Crippen molar-refractivity contribution in [3.63, 3.8) is 0 Å². The number of nitrogens with zero attached hydrogens (tertiary/aromatic N) is 2. The maximum absolute atomic E-state index is 8.96. The van der Waals surface area contributed by atoms with Gasteiger partial charge in [-0.1, -0.05) is 36.4 Å². The summed E-state index contributed by atoms with van der Waals surface area (Å²) in [5.41, 5.74) is 3.59. The van der Waals surface area contributed by atoms with Crippen LogP contribution in [-0.4, -0.2) is 22.9 Å². The minimum absolute atomic E-state index is 0. The van der Waals surface area contributed by atoms with Crippen LogP contribution in [-0.2, 0) is 14.1 Å². The molecule has 0 amide bonds. The molecular weight excluding hydrogens is 487 g/mol. The Morgan fingerprint density at radius 3 is 2.03 bits per heavy atom. The van der Waals surface area contributed by atoms with E-state index in [-0.39, 0.29) is 30.6 Å². The monoisotopic (exact) mass is 510 g/mol. The van der Waals surface area contributed by atoms with Gasteiger partial charge in [-0.25, -0.2) is 9.13 Å². The summed E-state index contributed by atoms with van der Waals surface area (Å²) in [6.45, 7) is 0.319. The molecule has 0 bridgehead atoms. The van der Waals surface area contributed by atoms with Crippen LogP contribution in [0, 0.1) is 0 Å². The van der Waals surface area contributed by atoms with Crippen molar-refractivity contribution in [1.82, 2.24) is 4.57 Å². The van der Waals surface area contributed by atoms with E-state index < -0.39 is 0 Å². The topological polar surface area (TPSA) is 38.3 Å². The normalized spacial score (nSPS) is 11.2. The third kappa shape index (κ3) is 3.13. The van der Waals surface area contributed by atoms with Gasteiger partial charge in [-0.3, -0.25) is 0 Å². The van der Waals surface area contributed by atoms with E-state index >= 15 is 0 Å². The van der Waals surface area contributed by atoms with Crippen LogP contribution in [0.15, 0.2) is 72.8 Å². The SMILES string of the molecule is Cn1c(-c2ccc(OCCO)cc2)[n+](C)c2c3ccccc3c3ccccc3c21.[I-]. The van der Waals surface area contributed by atoms with E-state index in [9.17, 15) is 0 Å². The van der Waals surface area contributed by atoms with Gasteiger partial charge in [-0.15, -0.1) is 0 Å². The zero-order valence-electron chi connectivity index (χ0n) is 17.0. The number of hydrogen-bond acceptors (Lipinski definition) is 2. The van der Waals surface area contributed by atoms with E-state index in [0.29, 0.717) is 6.61 Å². The summed E-state index contributed by atoms with van der Waals surface area (Å²) in [6.07, 6.45) is 0. The highest BCUT2D eigenvalue weighted by Crippen LogP contribution is 2.35. The molecule has 4 nitrogen and oxygen atoms in total. The Hall–Kier alpha value is -2.64. The average Bonchev–Trinajstić information content (AvgIpc) is 3.03. The molecule has 152 valence electrons. The number of imidazole rings is 1. The maximum Gasteiger partial charge on any atom is 0.289 e. The van der Waals surface area contributed by atoms with Crippen LogP contribution in [0.3, 0.4) is 0 Å². The van der Waals surface area contributed by atoms with Crippen molar-refractivity contribution in [2.75, 3.05) is 13.2 Å². The van der Waals surface area contributed by atoms with E-state index in [1.807, 2.05) is 12.1 Å². The van der Waals surface area contributed by atoms with Gasteiger partial charge < -0.3 is 33.8 Å². The highest BCUT2D eigenvalue weighted by molar-refractivity contribution is 6.22. The number of halogens is 1. The number of rotatable bonds is 4. The molecule has 1 N–H and O–H groups in total. The molecule has 0 radical (unpaired) electrons. The molecule has 4 aromatic carbocycles. The van der Waals surface area contributed by atoms with Gasteiger partial charge in [0.15, 0.2) is 11.0 Å². The van der Waals surface area contributed by atoms with Gasteiger partial charge in [-0.2, -0.15) is 0 Å². The Bertz CT molecular complexity index is 1280. The highest BCUT2D eigenvalue weighted by Gasteiger charge is 2.26. The minimum Gasteiger partial charge on any atom is -1.00 e. The number of ether oxygens (including phenoxy) is 1. The van der Waals surface area contributed by atoms with Crippen molar-refractivity contribution in [2.24, 2.45) is 14.1 Å². The van der Waals surface area contributed by atoms with Gasteiger partial charge in [0.05, 0.1) is 26.3 Å². The average molecular weight is 510 g/mol. The number of aliphatic hydroxyl groups is 1. The number of hydrogen-bond donors (Lipinski definition) is 1. The van der Waals surface area contributed by atoms with Gasteiger partial charge in [-0.05, 0) is 47.2 Å². The fourth-order valence-electron chi connectivity index (χ4n) is 4.47. The molecule has 30 heavy (non-hydrogen) atoms. The van der Waals surface area contributed by atoms with Gasteiger partial charge in [0.25, 0.3) is 5.82 Å². The molecule has 5 aromatic rings. The minimum atomic E-state index is 0. The second-order valence-electron chi connectivity index (χ2n) is 7.33. The predicted octanol–water partition coefficient (Wildman–Crippen LogP) is 1.35. The molecule has 0 saturated carbocycles. The van der Waals surface area contributed by atoms with Gasteiger partial charge in [0, 0.05) is 10.8 Å². The van der Waals surface area contributed by atoms with E-state index in [4.69, 9.17) is 9.84 Å². The van der Waals surface area contributed by atoms with E-state index in [0.717, 1.165) is 17.1 Å². The second-order valence-corrected chi connectivity index (χ2v) is 7.33. The third-order valence-electron chi connectivity index (χ3n) is 5.66. The zero-order chi connectivity index (χ0) is 20.0. The van der Waals surface area contributed by atoms with Crippen molar-refractivity contribution in [3.05, 3.63) is 72.8 Å². The first-order valence-electron chi connectivity index (χ1n) is 9.82. The highest BCUT2D eigenvalue weighted by atomic mass is 127. The molecule has 0 saturated heterocycles. The molecule has 5 rings (SSSR count). The first-order chi connectivity index (χ1) is 14.2. The van der Waals surface area contributed by atoms with E-state index in [2.05, 4.69) is 83.9 Å². The molecule has 0 aliphatic carbocycles. The van der Waals surface area contributed by atoms with Crippen LogP contribution in [0.2, 0.25) is 0 Å². The Morgan fingerprint density at radius 1 is 0.833 bits per heavy atom. The molecule has 1 aromatic heterocycles. The smallest absolute Gasteiger partial charge is 0.289 e. The lowest BCUT2D eigenvalue weighted by Crippen LogP contribution is -3.00. The molecular formula is C25H23IN2O2. The van der Waals surface area contributed by atoms with E-state index in [1.54, 1.807) is 0 Å². The summed E-state index contributed by atoms with van der Waals surface area (Å²) in [6, 6.07) is 25.3. The van der Waals surface area contributed by atoms with Crippen LogP contribution in [0.4, 0.5) is 0 Å².